The summed E-state index contributed by atoms with van der Waals surface area (Å²) in [4.78, 5) is 12.4. The van der Waals surface area contributed by atoms with Crippen LogP contribution in [0.15, 0.2) is 18.2 Å². The van der Waals surface area contributed by atoms with Gasteiger partial charge in [0.05, 0.1) is 12.7 Å². The molecule has 3 atom stereocenters. The Kier molecular flexibility index (Phi) is 3.92. The van der Waals surface area contributed by atoms with E-state index in [1.807, 2.05) is 6.07 Å². The van der Waals surface area contributed by atoms with Crippen molar-refractivity contribution in [2.75, 3.05) is 19.2 Å². The molecule has 0 amide bonds. The number of carbonyl (C=O) groups excluding carboxylic acids is 1. The zero-order valence-electron chi connectivity index (χ0n) is 13.3. The molecule has 1 fully saturated rings. The monoisotopic (exact) mass is 351 g/mol. The van der Waals surface area contributed by atoms with E-state index in [1.54, 1.807) is 25.1 Å². The molecule has 8 heteroatoms. The maximum Gasteiger partial charge on any atom is 0.328 e. The van der Waals surface area contributed by atoms with Crippen LogP contribution in [0.4, 0.5) is 0 Å². The van der Waals surface area contributed by atoms with Crippen LogP contribution in [0.2, 0.25) is 0 Å². The molecule has 1 heterocycles. The molecular formula is C16H17NO6S. The maximum atomic E-state index is 12.4. The summed E-state index contributed by atoms with van der Waals surface area (Å²) in [6, 6.07) is 6.86. The van der Waals surface area contributed by atoms with Crippen LogP contribution < -0.4 is 9.47 Å². The Morgan fingerprint density at radius 2 is 2.08 bits per heavy atom. The first kappa shape index (κ1) is 16.6. The Bertz CT molecular complexity index is 827. The van der Waals surface area contributed by atoms with Crippen molar-refractivity contribution in [2.24, 2.45) is 5.41 Å². The summed E-state index contributed by atoms with van der Waals surface area (Å²) in [6.07, 6.45) is 0. The highest BCUT2D eigenvalue weighted by molar-refractivity contribution is 7.92. The molecule has 0 aromatic heterocycles. The summed E-state index contributed by atoms with van der Waals surface area (Å²) in [7, 11) is -3.61. The fourth-order valence-corrected chi connectivity index (χ4v) is 5.17. The molecule has 1 aromatic rings. The number of hydrogen-bond donors (Lipinski definition) is 0. The average molecular weight is 351 g/mol. The lowest BCUT2D eigenvalue weighted by atomic mass is 10.0. The van der Waals surface area contributed by atoms with Crippen LogP contribution in [0.5, 0.6) is 11.5 Å². The topological polar surface area (TPSA) is 103 Å². The van der Waals surface area contributed by atoms with Crippen molar-refractivity contribution in [3.63, 3.8) is 0 Å². The Morgan fingerprint density at radius 3 is 2.71 bits per heavy atom. The predicted molar refractivity (Wildman–Crippen MR) is 83.2 cm³/mol. The minimum Gasteiger partial charge on any atom is -0.465 e. The van der Waals surface area contributed by atoms with Crippen molar-refractivity contribution in [1.29, 1.82) is 5.26 Å². The zero-order chi connectivity index (χ0) is 17.5. The largest absolute Gasteiger partial charge is 0.465 e. The van der Waals surface area contributed by atoms with Gasteiger partial charge in [-0.15, -0.1) is 0 Å². The van der Waals surface area contributed by atoms with Gasteiger partial charge in [-0.2, -0.15) is 5.26 Å². The van der Waals surface area contributed by atoms with Crippen LogP contribution in [0.25, 0.3) is 0 Å². The molecule has 1 saturated carbocycles. The van der Waals surface area contributed by atoms with Crippen molar-refractivity contribution >= 4 is 15.8 Å². The standard InChI is InChI=1S/C16H17NO6S/c1-3-21-15(18)16(8-17)13(14(16)24(19,20)4-2)10-5-6-11-12(7-10)23-9-22-11/h5-7,13-14H,3-4,9H2,1-2H3/t13-,14+,16+/m1/s1. The van der Waals surface area contributed by atoms with E-state index in [1.165, 1.54) is 6.92 Å². The molecule has 0 unspecified atom stereocenters. The molecule has 3 rings (SSSR count). The molecule has 1 aromatic carbocycles. The number of carbonyl (C=O) groups is 1. The van der Waals surface area contributed by atoms with Gasteiger partial charge >= 0.3 is 5.97 Å². The van der Waals surface area contributed by atoms with Crippen LogP contribution in [-0.4, -0.2) is 38.8 Å². The highest BCUT2D eigenvalue weighted by Crippen LogP contribution is 2.64. The summed E-state index contributed by atoms with van der Waals surface area (Å²) in [5, 5.41) is 8.53. The quantitative estimate of drug-likeness (QED) is 0.739. The van der Waals surface area contributed by atoms with Gasteiger partial charge in [-0.3, -0.25) is 4.79 Å². The Labute approximate surface area is 140 Å². The lowest BCUT2D eigenvalue weighted by Gasteiger charge is -2.08. The van der Waals surface area contributed by atoms with Crippen LogP contribution in [0, 0.1) is 16.7 Å². The Balaban J connectivity index is 2.07. The van der Waals surface area contributed by atoms with Crippen LogP contribution in [0.1, 0.15) is 25.3 Å². The minimum absolute atomic E-state index is 0.0784. The van der Waals surface area contributed by atoms with Gasteiger partial charge in [0.15, 0.2) is 26.8 Å². The molecular weight excluding hydrogens is 334 g/mol. The first-order chi connectivity index (χ1) is 11.4. The third-order valence-electron chi connectivity index (χ3n) is 4.48. The van der Waals surface area contributed by atoms with Gasteiger partial charge in [-0.25, -0.2) is 8.42 Å². The van der Waals surface area contributed by atoms with Crippen molar-refractivity contribution < 1.29 is 27.4 Å². The van der Waals surface area contributed by atoms with E-state index < -0.39 is 32.4 Å². The summed E-state index contributed by atoms with van der Waals surface area (Å²) in [5.41, 5.74) is -1.16. The number of sulfone groups is 1. The fourth-order valence-electron chi connectivity index (χ4n) is 3.24. The number of fused-ring (bicyclic) bond motifs is 1. The fraction of sp³-hybridized carbons (Fsp3) is 0.500. The number of hydrogen-bond acceptors (Lipinski definition) is 7. The molecule has 0 bridgehead atoms. The van der Waals surface area contributed by atoms with Crippen LogP contribution >= 0.6 is 0 Å². The second kappa shape index (κ2) is 5.67. The van der Waals surface area contributed by atoms with Gasteiger partial charge in [-0.05, 0) is 24.6 Å². The highest BCUT2D eigenvalue weighted by atomic mass is 32.2. The first-order valence-corrected chi connectivity index (χ1v) is 9.33. The van der Waals surface area contributed by atoms with Gasteiger partial charge in [0.2, 0.25) is 6.79 Å². The Morgan fingerprint density at radius 1 is 1.38 bits per heavy atom. The number of esters is 1. The molecule has 0 saturated heterocycles. The summed E-state index contributed by atoms with van der Waals surface area (Å²) in [6.45, 7) is 3.28. The van der Waals surface area contributed by atoms with Gasteiger partial charge < -0.3 is 14.2 Å². The first-order valence-electron chi connectivity index (χ1n) is 7.62. The van der Waals surface area contributed by atoms with E-state index in [9.17, 15) is 18.5 Å². The Hall–Kier alpha value is -2.27. The van der Waals surface area contributed by atoms with Gasteiger partial charge in [0, 0.05) is 11.7 Å². The summed E-state index contributed by atoms with van der Waals surface area (Å²) in [5.74, 6) is -0.699. The van der Waals surface area contributed by atoms with E-state index in [4.69, 9.17) is 14.2 Å². The third kappa shape index (κ3) is 2.23. The smallest absolute Gasteiger partial charge is 0.328 e. The van der Waals surface area contributed by atoms with Crippen LogP contribution in [0.3, 0.4) is 0 Å². The normalized spacial score (nSPS) is 27.4. The molecule has 128 valence electrons. The predicted octanol–water partition coefficient (Wildman–Crippen LogP) is 1.39. The summed E-state index contributed by atoms with van der Waals surface area (Å²) < 4.78 is 40.4. The molecule has 0 spiro atoms. The van der Waals surface area contributed by atoms with Crippen molar-refractivity contribution in [3.05, 3.63) is 23.8 Å². The van der Waals surface area contributed by atoms with E-state index in [-0.39, 0.29) is 19.2 Å². The van der Waals surface area contributed by atoms with E-state index >= 15 is 0 Å². The number of rotatable bonds is 5. The molecule has 0 N–H and O–H groups in total. The minimum atomic E-state index is -3.61. The van der Waals surface area contributed by atoms with Gasteiger partial charge in [0.25, 0.3) is 0 Å². The number of nitrogens with zero attached hydrogens (tertiary/aromatic N) is 1. The van der Waals surface area contributed by atoms with Crippen molar-refractivity contribution in [3.8, 4) is 17.6 Å². The molecule has 2 aliphatic rings. The molecule has 1 aliphatic heterocycles. The SMILES string of the molecule is CCOC(=O)[C@@]1(C#N)[C@H](c2ccc3c(c2)OCO3)[C@@H]1S(=O)(=O)CC. The molecule has 0 radical (unpaired) electrons. The van der Waals surface area contributed by atoms with E-state index in [0.29, 0.717) is 17.1 Å². The second-order valence-electron chi connectivity index (χ2n) is 5.66. The lowest BCUT2D eigenvalue weighted by molar-refractivity contribution is -0.147. The number of benzene rings is 1. The van der Waals surface area contributed by atoms with Crippen molar-refractivity contribution in [2.45, 2.75) is 25.0 Å². The van der Waals surface area contributed by atoms with E-state index in [0.717, 1.165) is 0 Å². The molecule has 7 nitrogen and oxygen atoms in total. The van der Waals surface area contributed by atoms with E-state index in [2.05, 4.69) is 0 Å². The van der Waals surface area contributed by atoms with Crippen molar-refractivity contribution in [1.82, 2.24) is 0 Å². The molecule has 1 aliphatic carbocycles. The number of ether oxygens (including phenoxy) is 3. The zero-order valence-corrected chi connectivity index (χ0v) is 14.1. The van der Waals surface area contributed by atoms with Gasteiger partial charge in [0.1, 0.15) is 5.25 Å². The van der Waals surface area contributed by atoms with Gasteiger partial charge in [-0.1, -0.05) is 13.0 Å². The van der Waals surface area contributed by atoms with Crippen LogP contribution in [-0.2, 0) is 19.4 Å². The highest BCUT2D eigenvalue weighted by Gasteiger charge is 2.77. The molecule has 24 heavy (non-hydrogen) atoms. The maximum absolute atomic E-state index is 12.4. The summed E-state index contributed by atoms with van der Waals surface area (Å²) >= 11 is 0. The number of nitriles is 1. The lowest BCUT2D eigenvalue weighted by Crippen LogP contribution is -2.26. The average Bonchev–Trinajstić information content (AvgIpc) is 3.07. The third-order valence-corrected chi connectivity index (χ3v) is 6.70. The second-order valence-corrected chi connectivity index (χ2v) is 8.07.